The molecule has 2 atom stereocenters. The molecule has 1 heterocycles. The molecule has 2 aromatic carbocycles. The van der Waals surface area contributed by atoms with Gasteiger partial charge >= 0.3 is 5.97 Å². The lowest BCUT2D eigenvalue weighted by molar-refractivity contribution is -0.149. The zero-order valence-electron chi connectivity index (χ0n) is 25.2. The molecule has 5 rings (SSSR count). The molecule has 2 aliphatic carbocycles. The molecule has 1 N–H and O–H groups in total. The highest BCUT2D eigenvalue weighted by molar-refractivity contribution is 5.95. The fraction of sp³-hybridized carbons (Fsp3) is 0.588. The lowest BCUT2D eigenvalue weighted by atomic mass is 9.86. The highest BCUT2D eigenvalue weighted by atomic mass is 16.5. The molecular formula is C34H47N3O4. The Morgan fingerprint density at radius 2 is 1.63 bits per heavy atom. The van der Waals surface area contributed by atoms with E-state index in [1.165, 1.54) is 11.4 Å². The quantitative estimate of drug-likeness (QED) is 0.402. The number of ether oxygens (including phenoxy) is 1. The van der Waals surface area contributed by atoms with Crippen molar-refractivity contribution in [1.29, 1.82) is 0 Å². The first kappa shape index (κ1) is 29.4. The Bertz CT molecular complexity index is 1180. The van der Waals surface area contributed by atoms with Crippen LogP contribution in [0.1, 0.15) is 70.3 Å². The molecule has 1 amide bonds. The van der Waals surface area contributed by atoms with Gasteiger partial charge in [0.25, 0.3) is 0 Å². The Morgan fingerprint density at radius 3 is 2.27 bits per heavy atom. The van der Waals surface area contributed by atoms with Crippen LogP contribution in [0.15, 0.2) is 48.5 Å². The van der Waals surface area contributed by atoms with Crippen LogP contribution in [-0.2, 0) is 14.3 Å². The molecule has 0 spiro atoms. The second-order valence-corrected chi connectivity index (χ2v) is 12.8. The predicted octanol–water partition coefficient (Wildman–Crippen LogP) is 5.61. The van der Waals surface area contributed by atoms with Gasteiger partial charge in [0.2, 0.25) is 5.91 Å². The number of piperidine rings is 1. The van der Waals surface area contributed by atoms with E-state index in [1.54, 1.807) is 0 Å². The van der Waals surface area contributed by atoms with Gasteiger partial charge in [0.15, 0.2) is 0 Å². The van der Waals surface area contributed by atoms with E-state index < -0.39 is 0 Å². The summed E-state index contributed by atoms with van der Waals surface area (Å²) in [6.07, 6.45) is 5.34. The van der Waals surface area contributed by atoms with Crippen molar-refractivity contribution < 1.29 is 19.4 Å². The van der Waals surface area contributed by atoms with Crippen LogP contribution in [0, 0.1) is 17.8 Å². The molecule has 3 aliphatic rings. The summed E-state index contributed by atoms with van der Waals surface area (Å²) in [5, 5.41) is 10.0. The van der Waals surface area contributed by atoms with Crippen LogP contribution in [-0.4, -0.2) is 62.9 Å². The number of carbonyl (C=O) groups is 2. The van der Waals surface area contributed by atoms with Crippen LogP contribution >= 0.6 is 0 Å². The van der Waals surface area contributed by atoms with Gasteiger partial charge in [-0.2, -0.15) is 0 Å². The molecule has 0 aromatic heterocycles. The largest absolute Gasteiger partial charge is 0.463 e. The molecule has 7 nitrogen and oxygen atoms in total. The third-order valence-corrected chi connectivity index (χ3v) is 9.15. The van der Waals surface area contributed by atoms with E-state index in [9.17, 15) is 14.7 Å². The zero-order valence-corrected chi connectivity index (χ0v) is 25.2. The number of rotatable bonds is 9. The van der Waals surface area contributed by atoms with Crippen LogP contribution in [0.3, 0.4) is 0 Å². The van der Waals surface area contributed by atoms with Crippen molar-refractivity contribution in [1.82, 2.24) is 0 Å². The van der Waals surface area contributed by atoms with Crippen molar-refractivity contribution in [2.75, 3.05) is 48.4 Å². The van der Waals surface area contributed by atoms with Crippen LogP contribution in [0.2, 0.25) is 0 Å². The van der Waals surface area contributed by atoms with Gasteiger partial charge in [-0.1, -0.05) is 12.1 Å². The molecule has 0 radical (unpaired) electrons. The number of hydrogen-bond donors (Lipinski definition) is 1. The lowest BCUT2D eigenvalue weighted by Crippen LogP contribution is -2.44. The molecule has 222 valence electrons. The van der Waals surface area contributed by atoms with E-state index in [-0.39, 0.29) is 41.8 Å². The number of aliphatic hydroxyl groups is 1. The van der Waals surface area contributed by atoms with Crippen molar-refractivity contribution in [3.8, 4) is 0 Å². The first-order chi connectivity index (χ1) is 19.7. The monoisotopic (exact) mass is 561 g/mol. The summed E-state index contributed by atoms with van der Waals surface area (Å²) in [6, 6.07) is 17.0. The van der Waals surface area contributed by atoms with Crippen molar-refractivity contribution >= 4 is 28.9 Å². The number of carbonyl (C=O) groups excluding carboxylic acids is 2. The van der Waals surface area contributed by atoms with Crippen molar-refractivity contribution in [3.05, 3.63) is 54.1 Å². The summed E-state index contributed by atoms with van der Waals surface area (Å²) in [4.78, 5) is 33.1. The molecule has 1 saturated heterocycles. The summed E-state index contributed by atoms with van der Waals surface area (Å²) >= 11 is 0. The molecular weight excluding hydrogens is 514 g/mol. The molecule has 2 unspecified atom stereocenters. The number of nitrogens with zero attached hydrogens (tertiary/aromatic N) is 3. The summed E-state index contributed by atoms with van der Waals surface area (Å²) in [6.45, 7) is 6.43. The van der Waals surface area contributed by atoms with E-state index in [1.807, 2.05) is 30.9 Å². The van der Waals surface area contributed by atoms with Crippen molar-refractivity contribution in [2.24, 2.45) is 17.8 Å². The first-order valence-corrected chi connectivity index (χ1v) is 15.5. The summed E-state index contributed by atoms with van der Waals surface area (Å²) in [5.41, 5.74) is 4.50. The smallest absolute Gasteiger partial charge is 0.309 e. The second kappa shape index (κ2) is 12.8. The van der Waals surface area contributed by atoms with E-state index in [0.29, 0.717) is 25.3 Å². The number of amides is 1. The van der Waals surface area contributed by atoms with Crippen molar-refractivity contribution in [2.45, 2.75) is 76.9 Å². The standard InChI is InChI=1S/C34H47N3O4/c1-23(2)41-34(40)32-21-31(32)26-6-5-7-29(20-26)37(33(39)25-8-14-30(38)15-9-25)22-24-16-18-36(19-17-24)28-12-10-27(11-13-28)35(3)4/h5-7,10-13,20,23-25,30-32,38H,8-9,14-19,21-22H2,1-4H3. The molecule has 7 heteroatoms. The van der Waals surface area contributed by atoms with E-state index in [0.717, 1.165) is 56.4 Å². The average Bonchev–Trinajstić information content (AvgIpc) is 3.78. The minimum Gasteiger partial charge on any atom is -0.463 e. The number of benzene rings is 2. The van der Waals surface area contributed by atoms with E-state index in [4.69, 9.17) is 4.74 Å². The number of esters is 1. The van der Waals surface area contributed by atoms with E-state index in [2.05, 4.69) is 60.3 Å². The summed E-state index contributed by atoms with van der Waals surface area (Å²) in [5.74, 6) is 0.503. The molecule has 0 bridgehead atoms. The normalized spacial score (nSPS) is 24.7. The van der Waals surface area contributed by atoms with Gasteiger partial charge in [-0.25, -0.2) is 0 Å². The minimum absolute atomic E-state index is 0.0490. The van der Waals surface area contributed by atoms with Crippen LogP contribution in [0.5, 0.6) is 0 Å². The Kier molecular flexibility index (Phi) is 9.22. The van der Waals surface area contributed by atoms with Gasteiger partial charge in [-0.05, 0) is 113 Å². The third-order valence-electron chi connectivity index (χ3n) is 9.15. The average molecular weight is 562 g/mol. The second-order valence-electron chi connectivity index (χ2n) is 12.8. The third kappa shape index (κ3) is 7.24. The maximum absolute atomic E-state index is 14.0. The Balaban J connectivity index is 1.28. The maximum atomic E-state index is 14.0. The van der Waals surface area contributed by atoms with Crippen LogP contribution < -0.4 is 14.7 Å². The van der Waals surface area contributed by atoms with Crippen molar-refractivity contribution in [3.63, 3.8) is 0 Å². The van der Waals surface area contributed by atoms with Gasteiger partial charge in [0.1, 0.15) is 0 Å². The SMILES string of the molecule is CC(C)OC(=O)C1CC1c1cccc(N(CC2CCN(c3ccc(N(C)C)cc3)CC2)C(=O)C2CCC(O)CC2)c1. The zero-order chi connectivity index (χ0) is 29.1. The van der Waals surface area contributed by atoms with E-state index >= 15 is 0 Å². The van der Waals surface area contributed by atoms with Gasteiger partial charge in [0.05, 0.1) is 18.1 Å². The number of aliphatic hydroxyl groups excluding tert-OH is 1. The van der Waals surface area contributed by atoms with Crippen LogP contribution in [0.25, 0.3) is 0 Å². The van der Waals surface area contributed by atoms with Gasteiger partial charge in [-0.3, -0.25) is 9.59 Å². The lowest BCUT2D eigenvalue weighted by Gasteiger charge is -2.38. The minimum atomic E-state index is -0.288. The predicted molar refractivity (Wildman–Crippen MR) is 165 cm³/mol. The Hall–Kier alpha value is -3.06. The molecule has 3 fully saturated rings. The Labute approximate surface area is 245 Å². The maximum Gasteiger partial charge on any atom is 0.309 e. The van der Waals surface area contributed by atoms with Crippen LogP contribution in [0.4, 0.5) is 17.1 Å². The number of hydrogen-bond acceptors (Lipinski definition) is 6. The fourth-order valence-electron chi connectivity index (χ4n) is 6.53. The summed E-state index contributed by atoms with van der Waals surface area (Å²) < 4.78 is 5.46. The molecule has 1 aliphatic heterocycles. The van der Waals surface area contributed by atoms with Gasteiger partial charge in [0, 0.05) is 56.7 Å². The first-order valence-electron chi connectivity index (χ1n) is 15.5. The van der Waals surface area contributed by atoms with Gasteiger partial charge in [-0.15, -0.1) is 0 Å². The fourth-order valence-corrected chi connectivity index (χ4v) is 6.53. The van der Waals surface area contributed by atoms with Gasteiger partial charge < -0.3 is 24.5 Å². The number of anilines is 3. The molecule has 2 saturated carbocycles. The molecule has 2 aromatic rings. The highest BCUT2D eigenvalue weighted by Gasteiger charge is 2.45. The topological polar surface area (TPSA) is 73.3 Å². The highest BCUT2D eigenvalue weighted by Crippen LogP contribution is 2.49. The Morgan fingerprint density at radius 1 is 0.951 bits per heavy atom. The molecule has 41 heavy (non-hydrogen) atoms. The summed E-state index contributed by atoms with van der Waals surface area (Å²) in [7, 11) is 4.12.